The van der Waals surface area contributed by atoms with E-state index in [1.54, 1.807) is 3.96 Å². The Hall–Kier alpha value is -2.40. The van der Waals surface area contributed by atoms with Gasteiger partial charge in [0.1, 0.15) is 0 Å². The van der Waals surface area contributed by atoms with Crippen LogP contribution in [0.5, 0.6) is 0 Å². The van der Waals surface area contributed by atoms with Gasteiger partial charge in [-0.3, -0.25) is 13.5 Å². The average molecular weight is 326 g/mol. The van der Waals surface area contributed by atoms with Gasteiger partial charge in [0.25, 0.3) is 5.56 Å². The van der Waals surface area contributed by atoms with Gasteiger partial charge in [-0.25, -0.2) is 0 Å². The molecule has 0 bridgehead atoms. The van der Waals surface area contributed by atoms with E-state index in [0.29, 0.717) is 19.4 Å². The van der Waals surface area contributed by atoms with Crippen molar-refractivity contribution in [1.82, 2.24) is 3.96 Å². The lowest BCUT2D eigenvalue weighted by Gasteiger charge is -2.07. The summed E-state index contributed by atoms with van der Waals surface area (Å²) in [5, 5.41) is 3.67. The third-order valence-corrected chi connectivity index (χ3v) is 4.86. The molecular weight excluding hydrogens is 308 g/mol. The quantitative estimate of drug-likeness (QED) is 0.775. The summed E-state index contributed by atoms with van der Waals surface area (Å²) in [5.41, 5.74) is 1.92. The van der Waals surface area contributed by atoms with Crippen LogP contribution in [0.4, 0.5) is 5.69 Å². The summed E-state index contributed by atoms with van der Waals surface area (Å²) in [6, 6.07) is 15.3. The van der Waals surface area contributed by atoms with Gasteiger partial charge in [0.2, 0.25) is 5.91 Å². The molecule has 3 rings (SSSR count). The van der Waals surface area contributed by atoms with Crippen LogP contribution >= 0.6 is 11.5 Å². The highest BCUT2D eigenvalue weighted by Crippen LogP contribution is 2.17. The number of aromatic nitrogens is 1. The van der Waals surface area contributed by atoms with Crippen LogP contribution in [0.2, 0.25) is 0 Å². The molecule has 118 valence electrons. The third-order valence-electron chi connectivity index (χ3n) is 3.74. The maximum absolute atomic E-state index is 12.2. The van der Waals surface area contributed by atoms with E-state index in [0.717, 1.165) is 21.3 Å². The van der Waals surface area contributed by atoms with Crippen LogP contribution in [0, 0.1) is 6.92 Å². The van der Waals surface area contributed by atoms with Crippen LogP contribution in [0.15, 0.2) is 53.3 Å². The molecule has 0 aliphatic carbocycles. The molecule has 0 radical (unpaired) electrons. The molecule has 0 saturated heterocycles. The van der Waals surface area contributed by atoms with Gasteiger partial charge in [-0.05, 0) is 37.1 Å². The Kier molecular flexibility index (Phi) is 4.57. The molecule has 5 heteroatoms. The second-order valence-corrected chi connectivity index (χ2v) is 6.52. The van der Waals surface area contributed by atoms with Crippen LogP contribution < -0.4 is 10.9 Å². The molecule has 3 aromatic rings. The topological polar surface area (TPSA) is 51.1 Å². The standard InChI is InChI=1S/C18H18N2O2S/c1-13-7-2-4-9-15(13)19-17(21)11-6-12-20-18(22)14-8-3-5-10-16(14)23-20/h2-5,7-10H,6,11-12H2,1H3,(H,19,21). The lowest BCUT2D eigenvalue weighted by atomic mass is 10.2. The van der Waals surface area contributed by atoms with E-state index in [1.807, 2.05) is 55.5 Å². The number of anilines is 1. The summed E-state index contributed by atoms with van der Waals surface area (Å²) in [6.07, 6.45) is 1.04. The van der Waals surface area contributed by atoms with Crippen LogP contribution in [-0.4, -0.2) is 9.86 Å². The minimum absolute atomic E-state index is 0.0199. The van der Waals surface area contributed by atoms with Gasteiger partial charge < -0.3 is 5.32 Å². The molecule has 0 fully saturated rings. The Morgan fingerprint density at radius 1 is 1.13 bits per heavy atom. The van der Waals surface area contributed by atoms with E-state index >= 15 is 0 Å². The fourth-order valence-corrected chi connectivity index (χ4v) is 3.51. The first kappa shape index (κ1) is 15.5. The molecule has 1 amide bonds. The van der Waals surface area contributed by atoms with Gasteiger partial charge >= 0.3 is 0 Å². The van der Waals surface area contributed by atoms with Crippen molar-refractivity contribution in [2.45, 2.75) is 26.3 Å². The number of hydrogen-bond acceptors (Lipinski definition) is 3. The summed E-state index contributed by atoms with van der Waals surface area (Å²) < 4.78 is 2.72. The fourth-order valence-electron chi connectivity index (χ4n) is 2.47. The monoisotopic (exact) mass is 326 g/mol. The molecule has 0 unspecified atom stereocenters. The van der Waals surface area contributed by atoms with Crippen LogP contribution in [0.25, 0.3) is 10.1 Å². The number of hydrogen-bond donors (Lipinski definition) is 1. The predicted molar refractivity (Wildman–Crippen MR) is 95.1 cm³/mol. The lowest BCUT2D eigenvalue weighted by Crippen LogP contribution is -2.16. The molecule has 1 heterocycles. The molecule has 4 nitrogen and oxygen atoms in total. The zero-order valence-corrected chi connectivity index (χ0v) is 13.7. The van der Waals surface area contributed by atoms with Gasteiger partial charge in [-0.1, -0.05) is 41.9 Å². The highest BCUT2D eigenvalue weighted by Gasteiger charge is 2.08. The molecular formula is C18H18N2O2S. The number of benzene rings is 2. The second kappa shape index (κ2) is 6.79. The molecule has 0 aliphatic rings. The van der Waals surface area contributed by atoms with E-state index in [-0.39, 0.29) is 11.5 Å². The van der Waals surface area contributed by atoms with Crippen molar-refractivity contribution in [3.8, 4) is 0 Å². The molecule has 0 atom stereocenters. The van der Waals surface area contributed by atoms with Gasteiger partial charge in [0.05, 0.1) is 10.1 Å². The highest BCUT2D eigenvalue weighted by molar-refractivity contribution is 7.13. The maximum Gasteiger partial charge on any atom is 0.268 e. The first-order valence-corrected chi connectivity index (χ1v) is 8.37. The first-order valence-electron chi connectivity index (χ1n) is 7.59. The average Bonchev–Trinajstić information content (AvgIpc) is 2.86. The minimum atomic E-state index is -0.0199. The van der Waals surface area contributed by atoms with Crippen molar-refractivity contribution in [3.63, 3.8) is 0 Å². The van der Waals surface area contributed by atoms with E-state index in [2.05, 4.69) is 5.32 Å². The number of nitrogens with zero attached hydrogens (tertiary/aromatic N) is 1. The number of nitrogens with one attached hydrogen (secondary N) is 1. The Morgan fingerprint density at radius 3 is 2.65 bits per heavy atom. The van der Waals surface area contributed by atoms with Crippen LogP contribution in [0.3, 0.4) is 0 Å². The van der Waals surface area contributed by atoms with Crippen molar-refractivity contribution in [2.75, 3.05) is 5.32 Å². The molecule has 0 saturated carbocycles. The van der Waals surface area contributed by atoms with Crippen molar-refractivity contribution >= 4 is 33.2 Å². The number of amides is 1. The fraction of sp³-hybridized carbons (Fsp3) is 0.222. The van der Waals surface area contributed by atoms with Gasteiger partial charge in [0.15, 0.2) is 0 Å². The summed E-state index contributed by atoms with van der Waals surface area (Å²) in [5.74, 6) is -0.0199. The van der Waals surface area contributed by atoms with Gasteiger partial charge in [0, 0.05) is 18.7 Å². The Morgan fingerprint density at radius 2 is 1.87 bits per heavy atom. The molecule has 1 N–H and O–H groups in total. The molecule has 1 aromatic heterocycles. The normalized spacial score (nSPS) is 10.8. The number of rotatable bonds is 5. The van der Waals surface area contributed by atoms with Crippen LogP contribution in [-0.2, 0) is 11.3 Å². The summed E-state index contributed by atoms with van der Waals surface area (Å²) >= 11 is 1.45. The van der Waals surface area contributed by atoms with Gasteiger partial charge in [-0.15, -0.1) is 0 Å². The zero-order chi connectivity index (χ0) is 16.2. The van der Waals surface area contributed by atoms with E-state index in [4.69, 9.17) is 0 Å². The molecule has 2 aromatic carbocycles. The summed E-state index contributed by atoms with van der Waals surface area (Å²) in [6.45, 7) is 2.53. The van der Waals surface area contributed by atoms with Crippen molar-refractivity contribution in [3.05, 3.63) is 64.4 Å². The highest BCUT2D eigenvalue weighted by atomic mass is 32.1. The number of carbonyl (C=O) groups is 1. The number of carbonyl (C=O) groups excluding carboxylic acids is 1. The van der Waals surface area contributed by atoms with E-state index < -0.39 is 0 Å². The second-order valence-electron chi connectivity index (χ2n) is 5.46. The lowest BCUT2D eigenvalue weighted by molar-refractivity contribution is -0.116. The Bertz CT molecular complexity index is 895. The van der Waals surface area contributed by atoms with Crippen molar-refractivity contribution < 1.29 is 4.79 Å². The van der Waals surface area contributed by atoms with Crippen molar-refractivity contribution in [2.24, 2.45) is 0 Å². The Balaban J connectivity index is 1.58. The first-order chi connectivity index (χ1) is 11.1. The SMILES string of the molecule is Cc1ccccc1NC(=O)CCCn1sc2ccccc2c1=O. The third kappa shape index (κ3) is 3.51. The largest absolute Gasteiger partial charge is 0.326 e. The van der Waals surface area contributed by atoms with E-state index in [1.165, 1.54) is 11.5 Å². The van der Waals surface area contributed by atoms with Crippen molar-refractivity contribution in [1.29, 1.82) is 0 Å². The zero-order valence-electron chi connectivity index (χ0n) is 12.9. The number of para-hydroxylation sites is 1. The van der Waals surface area contributed by atoms with Gasteiger partial charge in [-0.2, -0.15) is 0 Å². The Labute approximate surface area is 138 Å². The van der Waals surface area contributed by atoms with E-state index in [9.17, 15) is 9.59 Å². The number of fused-ring (bicyclic) bond motifs is 1. The summed E-state index contributed by atoms with van der Waals surface area (Å²) in [7, 11) is 0. The smallest absolute Gasteiger partial charge is 0.268 e. The predicted octanol–water partition coefficient (Wildman–Crippen LogP) is 3.79. The molecule has 0 aliphatic heterocycles. The molecule has 23 heavy (non-hydrogen) atoms. The molecule has 0 spiro atoms. The number of aryl methyl sites for hydroxylation is 2. The summed E-state index contributed by atoms with van der Waals surface area (Å²) in [4.78, 5) is 24.2. The maximum atomic E-state index is 12.2. The minimum Gasteiger partial charge on any atom is -0.326 e. The van der Waals surface area contributed by atoms with Crippen LogP contribution in [0.1, 0.15) is 18.4 Å².